The number of anilines is 3. The fourth-order valence-electron chi connectivity index (χ4n) is 2.64. The molecule has 0 bridgehead atoms. The van der Waals surface area contributed by atoms with Gasteiger partial charge in [-0.15, -0.1) is 0 Å². The van der Waals surface area contributed by atoms with Crippen LogP contribution in [0.5, 0.6) is 0 Å². The zero-order valence-corrected chi connectivity index (χ0v) is 16.6. The first-order valence-corrected chi connectivity index (χ1v) is 9.87. The van der Waals surface area contributed by atoms with E-state index in [-0.39, 0.29) is 11.9 Å². The summed E-state index contributed by atoms with van der Waals surface area (Å²) in [7, 11) is 0. The predicted molar refractivity (Wildman–Crippen MR) is 118 cm³/mol. The van der Waals surface area contributed by atoms with Gasteiger partial charge in [-0.25, -0.2) is 9.78 Å². The Kier molecular flexibility index (Phi) is 5.41. The van der Waals surface area contributed by atoms with E-state index in [1.807, 2.05) is 12.1 Å². The molecule has 0 aliphatic heterocycles. The average molecular weight is 423 g/mol. The molecule has 3 aromatic carbocycles. The first-order valence-electron chi connectivity index (χ1n) is 8.67. The second-order valence-electron chi connectivity index (χ2n) is 6.11. The molecule has 1 heterocycles. The molecule has 0 saturated heterocycles. The summed E-state index contributed by atoms with van der Waals surface area (Å²) in [6.07, 6.45) is 0. The van der Waals surface area contributed by atoms with E-state index in [9.17, 15) is 9.59 Å². The Bertz CT molecular complexity index is 1180. The molecule has 3 amide bonds. The molecule has 0 aliphatic carbocycles. The standard InChI is InChI=1S/C21H15ClN4O2S/c22-14-6-8-15(9-7-14)23-20(28)24-16-10-11-18-17(12-16)25-21(29-18)26-19(27)13-4-2-1-3-5-13/h1-12H,(H2,23,24,28)(H,25,26,27). The van der Waals surface area contributed by atoms with Crippen molar-refractivity contribution in [1.29, 1.82) is 0 Å². The quantitative estimate of drug-likeness (QED) is 0.386. The normalized spacial score (nSPS) is 10.5. The van der Waals surface area contributed by atoms with Gasteiger partial charge in [-0.2, -0.15) is 0 Å². The summed E-state index contributed by atoms with van der Waals surface area (Å²) < 4.78 is 0.900. The Balaban J connectivity index is 1.44. The van der Waals surface area contributed by atoms with Crippen LogP contribution in [0.2, 0.25) is 5.02 Å². The van der Waals surface area contributed by atoms with E-state index in [2.05, 4.69) is 20.9 Å². The summed E-state index contributed by atoms with van der Waals surface area (Å²) in [6.45, 7) is 0. The fourth-order valence-corrected chi connectivity index (χ4v) is 3.61. The molecule has 0 atom stereocenters. The number of halogens is 1. The van der Waals surface area contributed by atoms with Crippen LogP contribution in [-0.2, 0) is 0 Å². The molecule has 0 aliphatic rings. The molecular weight excluding hydrogens is 408 g/mol. The summed E-state index contributed by atoms with van der Waals surface area (Å²) in [6, 6.07) is 20.8. The lowest BCUT2D eigenvalue weighted by Crippen LogP contribution is -2.19. The molecule has 8 heteroatoms. The van der Waals surface area contributed by atoms with Crippen molar-refractivity contribution in [3.8, 4) is 0 Å². The smallest absolute Gasteiger partial charge is 0.308 e. The van der Waals surface area contributed by atoms with Crippen molar-refractivity contribution in [2.24, 2.45) is 0 Å². The maximum absolute atomic E-state index is 12.3. The van der Waals surface area contributed by atoms with Gasteiger partial charge in [0, 0.05) is 22.0 Å². The zero-order chi connectivity index (χ0) is 20.2. The van der Waals surface area contributed by atoms with Gasteiger partial charge in [0.05, 0.1) is 10.2 Å². The Morgan fingerprint density at radius 2 is 1.52 bits per heavy atom. The van der Waals surface area contributed by atoms with Crippen LogP contribution in [0.3, 0.4) is 0 Å². The maximum Gasteiger partial charge on any atom is 0.323 e. The number of nitrogens with one attached hydrogen (secondary N) is 3. The van der Waals surface area contributed by atoms with Gasteiger partial charge in [-0.05, 0) is 54.6 Å². The molecule has 29 heavy (non-hydrogen) atoms. The predicted octanol–water partition coefficient (Wildman–Crippen LogP) is 5.85. The van der Waals surface area contributed by atoms with E-state index < -0.39 is 0 Å². The molecule has 144 valence electrons. The molecule has 0 saturated carbocycles. The highest BCUT2D eigenvalue weighted by atomic mass is 35.5. The van der Waals surface area contributed by atoms with Gasteiger partial charge in [-0.3, -0.25) is 10.1 Å². The number of thiazole rings is 1. The highest BCUT2D eigenvalue weighted by Crippen LogP contribution is 2.28. The highest BCUT2D eigenvalue weighted by molar-refractivity contribution is 7.22. The maximum atomic E-state index is 12.3. The van der Waals surface area contributed by atoms with E-state index in [0.717, 1.165) is 4.70 Å². The van der Waals surface area contributed by atoms with Crippen LogP contribution in [0.25, 0.3) is 10.2 Å². The average Bonchev–Trinajstić information content (AvgIpc) is 3.12. The molecule has 6 nitrogen and oxygen atoms in total. The van der Waals surface area contributed by atoms with Crippen molar-refractivity contribution in [3.05, 3.63) is 83.4 Å². The summed E-state index contributed by atoms with van der Waals surface area (Å²) in [5.41, 5.74) is 2.47. The number of rotatable bonds is 4. The van der Waals surface area contributed by atoms with Crippen molar-refractivity contribution >= 4 is 61.6 Å². The Labute approximate surface area is 175 Å². The van der Waals surface area contributed by atoms with Gasteiger partial charge < -0.3 is 10.6 Å². The highest BCUT2D eigenvalue weighted by Gasteiger charge is 2.11. The zero-order valence-electron chi connectivity index (χ0n) is 15.0. The monoisotopic (exact) mass is 422 g/mol. The van der Waals surface area contributed by atoms with Crippen molar-refractivity contribution in [2.45, 2.75) is 0 Å². The summed E-state index contributed by atoms with van der Waals surface area (Å²) in [5, 5.41) is 9.40. The number of urea groups is 1. The van der Waals surface area contributed by atoms with Crippen LogP contribution in [0.15, 0.2) is 72.8 Å². The number of hydrogen-bond donors (Lipinski definition) is 3. The molecular formula is C21H15ClN4O2S. The molecule has 4 aromatic rings. The summed E-state index contributed by atoms with van der Waals surface area (Å²) >= 11 is 7.21. The van der Waals surface area contributed by atoms with Gasteiger partial charge in [-0.1, -0.05) is 41.1 Å². The SMILES string of the molecule is O=C(Nc1ccc(Cl)cc1)Nc1ccc2sc(NC(=O)c3ccccc3)nc2c1. The number of fused-ring (bicyclic) bond motifs is 1. The summed E-state index contributed by atoms with van der Waals surface area (Å²) in [5.74, 6) is -0.217. The molecule has 0 radical (unpaired) electrons. The van der Waals surface area contributed by atoms with Gasteiger partial charge in [0.2, 0.25) is 0 Å². The molecule has 0 unspecified atom stereocenters. The number of amides is 3. The van der Waals surface area contributed by atoms with Crippen LogP contribution >= 0.6 is 22.9 Å². The third-order valence-corrected chi connectivity index (χ3v) is 5.21. The third kappa shape index (κ3) is 4.71. The van der Waals surface area contributed by atoms with E-state index in [1.165, 1.54) is 11.3 Å². The first kappa shape index (κ1) is 18.9. The molecule has 0 spiro atoms. The molecule has 1 aromatic heterocycles. The Morgan fingerprint density at radius 1 is 0.828 bits per heavy atom. The van der Waals surface area contributed by atoms with Crippen molar-refractivity contribution in [2.75, 3.05) is 16.0 Å². The molecule has 4 rings (SSSR count). The van der Waals surface area contributed by atoms with Crippen LogP contribution in [0, 0.1) is 0 Å². The topological polar surface area (TPSA) is 83.1 Å². The third-order valence-electron chi connectivity index (χ3n) is 4.00. The van der Waals surface area contributed by atoms with Gasteiger partial charge in [0.15, 0.2) is 5.13 Å². The van der Waals surface area contributed by atoms with E-state index in [0.29, 0.717) is 32.6 Å². The van der Waals surface area contributed by atoms with Crippen LogP contribution in [0.4, 0.5) is 21.3 Å². The van der Waals surface area contributed by atoms with E-state index in [1.54, 1.807) is 60.7 Å². The Morgan fingerprint density at radius 3 is 2.28 bits per heavy atom. The lowest BCUT2D eigenvalue weighted by molar-refractivity contribution is 0.102. The minimum Gasteiger partial charge on any atom is -0.308 e. The van der Waals surface area contributed by atoms with E-state index >= 15 is 0 Å². The van der Waals surface area contributed by atoms with Crippen molar-refractivity contribution in [1.82, 2.24) is 4.98 Å². The Hall–Kier alpha value is -3.42. The number of benzene rings is 3. The van der Waals surface area contributed by atoms with Gasteiger partial charge in [0.25, 0.3) is 5.91 Å². The van der Waals surface area contributed by atoms with Crippen LogP contribution < -0.4 is 16.0 Å². The summed E-state index contributed by atoms with van der Waals surface area (Å²) in [4.78, 5) is 28.9. The molecule has 0 fully saturated rings. The number of hydrogen-bond acceptors (Lipinski definition) is 4. The minimum absolute atomic E-state index is 0.217. The largest absolute Gasteiger partial charge is 0.323 e. The lowest BCUT2D eigenvalue weighted by atomic mass is 10.2. The van der Waals surface area contributed by atoms with Crippen LogP contribution in [-0.4, -0.2) is 16.9 Å². The first-order chi connectivity index (χ1) is 14.1. The number of carbonyl (C=O) groups excluding carboxylic acids is 2. The minimum atomic E-state index is -0.375. The lowest BCUT2D eigenvalue weighted by Gasteiger charge is -2.07. The number of aromatic nitrogens is 1. The second-order valence-corrected chi connectivity index (χ2v) is 7.57. The van der Waals surface area contributed by atoms with Gasteiger partial charge >= 0.3 is 6.03 Å². The van der Waals surface area contributed by atoms with Crippen molar-refractivity contribution in [3.63, 3.8) is 0 Å². The fraction of sp³-hybridized carbons (Fsp3) is 0. The van der Waals surface area contributed by atoms with Crippen molar-refractivity contribution < 1.29 is 9.59 Å². The number of carbonyl (C=O) groups is 2. The number of nitrogens with zero attached hydrogens (tertiary/aromatic N) is 1. The van der Waals surface area contributed by atoms with Crippen LogP contribution in [0.1, 0.15) is 10.4 Å². The van der Waals surface area contributed by atoms with E-state index in [4.69, 9.17) is 11.6 Å². The van der Waals surface area contributed by atoms with Gasteiger partial charge in [0.1, 0.15) is 0 Å². The second kappa shape index (κ2) is 8.30. The molecule has 3 N–H and O–H groups in total.